The van der Waals surface area contributed by atoms with Gasteiger partial charge in [-0.2, -0.15) is 12.6 Å². The van der Waals surface area contributed by atoms with E-state index < -0.39 is 0 Å². The molecule has 0 saturated carbocycles. The standard InChI is InChI=1S/C11H23NO2S/c1-9(2)10(8-15)5-12-3-4-14-7-11(12)6-13/h9-11,13,15H,3-8H2,1-2H3. The van der Waals surface area contributed by atoms with Crippen molar-refractivity contribution >= 4 is 12.6 Å². The summed E-state index contributed by atoms with van der Waals surface area (Å²) >= 11 is 4.39. The van der Waals surface area contributed by atoms with Gasteiger partial charge in [0.1, 0.15) is 0 Å². The maximum Gasteiger partial charge on any atom is 0.0644 e. The van der Waals surface area contributed by atoms with Crippen LogP contribution in [0.1, 0.15) is 13.8 Å². The van der Waals surface area contributed by atoms with Gasteiger partial charge in [-0.1, -0.05) is 13.8 Å². The summed E-state index contributed by atoms with van der Waals surface area (Å²) in [5.41, 5.74) is 0. The third kappa shape index (κ3) is 3.94. The summed E-state index contributed by atoms with van der Waals surface area (Å²) in [6.07, 6.45) is 0. The van der Waals surface area contributed by atoms with Crippen LogP contribution in [-0.2, 0) is 4.74 Å². The Balaban J connectivity index is 2.46. The first-order valence-corrected chi connectivity index (χ1v) is 6.35. The lowest BCUT2D eigenvalue weighted by Crippen LogP contribution is -2.50. The summed E-state index contributed by atoms with van der Waals surface area (Å²) < 4.78 is 5.36. The average molecular weight is 233 g/mol. The zero-order valence-corrected chi connectivity index (χ0v) is 10.6. The van der Waals surface area contributed by atoms with Crippen LogP contribution in [0.15, 0.2) is 0 Å². The molecule has 0 aliphatic carbocycles. The zero-order chi connectivity index (χ0) is 11.3. The number of hydrogen-bond donors (Lipinski definition) is 2. The number of thiol groups is 1. The molecule has 2 unspecified atom stereocenters. The fraction of sp³-hybridized carbons (Fsp3) is 1.00. The predicted molar refractivity (Wildman–Crippen MR) is 65.4 cm³/mol. The highest BCUT2D eigenvalue weighted by molar-refractivity contribution is 7.80. The Kier molecular flexibility index (Phi) is 5.97. The molecule has 90 valence electrons. The number of ether oxygens (including phenoxy) is 1. The number of hydrogen-bond acceptors (Lipinski definition) is 4. The van der Waals surface area contributed by atoms with E-state index in [0.29, 0.717) is 18.4 Å². The largest absolute Gasteiger partial charge is 0.395 e. The van der Waals surface area contributed by atoms with Gasteiger partial charge in [0.25, 0.3) is 0 Å². The molecule has 1 fully saturated rings. The van der Waals surface area contributed by atoms with E-state index in [9.17, 15) is 5.11 Å². The first kappa shape index (κ1) is 13.3. The summed E-state index contributed by atoms with van der Waals surface area (Å²) in [7, 11) is 0. The normalized spacial score (nSPS) is 25.8. The Bertz CT molecular complexity index is 178. The highest BCUT2D eigenvalue weighted by Gasteiger charge is 2.25. The quantitative estimate of drug-likeness (QED) is 0.692. The molecular formula is C11H23NO2S. The lowest BCUT2D eigenvalue weighted by Gasteiger charge is -2.37. The summed E-state index contributed by atoms with van der Waals surface area (Å²) in [6.45, 7) is 8.06. The van der Waals surface area contributed by atoms with E-state index in [1.165, 1.54) is 0 Å². The Morgan fingerprint density at radius 3 is 2.80 bits per heavy atom. The molecule has 2 atom stereocenters. The topological polar surface area (TPSA) is 32.7 Å². The number of aliphatic hydroxyl groups excluding tert-OH is 1. The van der Waals surface area contributed by atoms with Gasteiger partial charge >= 0.3 is 0 Å². The van der Waals surface area contributed by atoms with Crippen LogP contribution in [0.4, 0.5) is 0 Å². The predicted octanol–water partition coefficient (Wildman–Crippen LogP) is 0.881. The molecule has 3 nitrogen and oxygen atoms in total. The molecule has 0 radical (unpaired) electrons. The molecule has 0 aromatic rings. The highest BCUT2D eigenvalue weighted by Crippen LogP contribution is 2.17. The fourth-order valence-electron chi connectivity index (χ4n) is 1.88. The second kappa shape index (κ2) is 6.74. The minimum atomic E-state index is 0.180. The molecule has 1 heterocycles. The molecule has 0 spiro atoms. The van der Waals surface area contributed by atoms with Gasteiger partial charge in [-0.15, -0.1) is 0 Å². The molecule has 1 aliphatic rings. The van der Waals surface area contributed by atoms with Crippen LogP contribution in [0.25, 0.3) is 0 Å². The second-order valence-corrected chi connectivity index (χ2v) is 4.96. The lowest BCUT2D eigenvalue weighted by atomic mass is 9.96. The van der Waals surface area contributed by atoms with Crippen molar-refractivity contribution in [3.8, 4) is 0 Å². The lowest BCUT2D eigenvalue weighted by molar-refractivity contribution is -0.0345. The van der Waals surface area contributed by atoms with Crippen LogP contribution < -0.4 is 0 Å². The Morgan fingerprint density at radius 1 is 1.53 bits per heavy atom. The number of rotatable bonds is 5. The van der Waals surface area contributed by atoms with Crippen molar-refractivity contribution in [3.63, 3.8) is 0 Å². The van der Waals surface area contributed by atoms with Gasteiger partial charge in [0.2, 0.25) is 0 Å². The van der Waals surface area contributed by atoms with E-state index in [0.717, 1.165) is 25.4 Å². The minimum Gasteiger partial charge on any atom is -0.395 e. The van der Waals surface area contributed by atoms with E-state index in [1.807, 2.05) is 0 Å². The summed E-state index contributed by atoms with van der Waals surface area (Å²) in [5, 5.41) is 9.24. The molecule has 1 saturated heterocycles. The van der Waals surface area contributed by atoms with Gasteiger partial charge in [0.15, 0.2) is 0 Å². The highest BCUT2D eigenvalue weighted by atomic mass is 32.1. The van der Waals surface area contributed by atoms with Crippen LogP contribution in [0.2, 0.25) is 0 Å². The van der Waals surface area contributed by atoms with Gasteiger partial charge in [-0.25, -0.2) is 0 Å². The maximum atomic E-state index is 9.24. The zero-order valence-electron chi connectivity index (χ0n) is 9.72. The number of aliphatic hydroxyl groups is 1. The van der Waals surface area contributed by atoms with Crippen LogP contribution in [0.3, 0.4) is 0 Å². The summed E-state index contributed by atoms with van der Waals surface area (Å²) in [5.74, 6) is 2.15. The van der Waals surface area contributed by atoms with E-state index in [-0.39, 0.29) is 12.6 Å². The van der Waals surface area contributed by atoms with Crippen molar-refractivity contribution in [1.82, 2.24) is 4.90 Å². The van der Waals surface area contributed by atoms with E-state index in [2.05, 4.69) is 31.4 Å². The molecule has 0 bridgehead atoms. The summed E-state index contributed by atoms with van der Waals surface area (Å²) in [6, 6.07) is 0.180. The molecule has 0 aromatic carbocycles. The SMILES string of the molecule is CC(C)C(CS)CN1CCOCC1CO. The Morgan fingerprint density at radius 2 is 2.27 bits per heavy atom. The first-order valence-electron chi connectivity index (χ1n) is 5.72. The molecule has 1 N–H and O–H groups in total. The Labute approximate surface area is 98.2 Å². The smallest absolute Gasteiger partial charge is 0.0644 e. The molecular weight excluding hydrogens is 210 g/mol. The van der Waals surface area contributed by atoms with Crippen molar-refractivity contribution in [2.75, 3.05) is 38.7 Å². The van der Waals surface area contributed by atoms with E-state index in [4.69, 9.17) is 4.74 Å². The van der Waals surface area contributed by atoms with Crippen LogP contribution in [0, 0.1) is 11.8 Å². The molecule has 4 heteroatoms. The van der Waals surface area contributed by atoms with Gasteiger partial charge in [-0.3, -0.25) is 4.90 Å². The van der Waals surface area contributed by atoms with Gasteiger partial charge in [-0.05, 0) is 17.6 Å². The summed E-state index contributed by atoms with van der Waals surface area (Å²) in [4.78, 5) is 2.34. The monoisotopic (exact) mass is 233 g/mol. The molecule has 1 aliphatic heterocycles. The van der Waals surface area contributed by atoms with E-state index >= 15 is 0 Å². The van der Waals surface area contributed by atoms with Gasteiger partial charge in [0, 0.05) is 13.1 Å². The third-order valence-electron chi connectivity index (χ3n) is 3.21. The fourth-order valence-corrected chi connectivity index (χ4v) is 2.42. The average Bonchev–Trinajstić information content (AvgIpc) is 2.25. The van der Waals surface area contributed by atoms with Crippen molar-refractivity contribution in [3.05, 3.63) is 0 Å². The molecule has 1 rings (SSSR count). The number of nitrogens with zero attached hydrogens (tertiary/aromatic N) is 1. The van der Waals surface area contributed by atoms with Crippen molar-refractivity contribution in [2.24, 2.45) is 11.8 Å². The van der Waals surface area contributed by atoms with Crippen molar-refractivity contribution < 1.29 is 9.84 Å². The maximum absolute atomic E-state index is 9.24. The van der Waals surface area contributed by atoms with Gasteiger partial charge in [0.05, 0.1) is 25.9 Å². The van der Waals surface area contributed by atoms with E-state index in [1.54, 1.807) is 0 Å². The Hall–Kier alpha value is 0.230. The molecule has 0 amide bonds. The third-order valence-corrected chi connectivity index (χ3v) is 3.68. The molecule has 0 aromatic heterocycles. The molecule has 15 heavy (non-hydrogen) atoms. The van der Waals surface area contributed by atoms with Gasteiger partial charge < -0.3 is 9.84 Å². The second-order valence-electron chi connectivity index (χ2n) is 4.59. The van der Waals surface area contributed by atoms with Crippen LogP contribution in [-0.4, -0.2) is 54.7 Å². The minimum absolute atomic E-state index is 0.180. The first-order chi connectivity index (χ1) is 7.19. The number of morpholine rings is 1. The van der Waals surface area contributed by atoms with Crippen LogP contribution >= 0.6 is 12.6 Å². The van der Waals surface area contributed by atoms with Crippen molar-refractivity contribution in [2.45, 2.75) is 19.9 Å². The van der Waals surface area contributed by atoms with Crippen LogP contribution in [0.5, 0.6) is 0 Å². The van der Waals surface area contributed by atoms with Crippen molar-refractivity contribution in [1.29, 1.82) is 0 Å².